The first-order valence-corrected chi connectivity index (χ1v) is 3.96. The molecule has 0 fully saturated rings. The third kappa shape index (κ3) is 1.14. The van der Waals surface area contributed by atoms with E-state index in [9.17, 15) is 0 Å². The van der Waals surface area contributed by atoms with Gasteiger partial charge in [-0.05, 0) is 24.4 Å². The first-order chi connectivity index (χ1) is 5.90. The molecular weight excluding hydrogens is 154 g/mol. The first-order valence-electron chi connectivity index (χ1n) is 3.96. The summed E-state index contributed by atoms with van der Waals surface area (Å²) >= 11 is 0. The van der Waals surface area contributed by atoms with Gasteiger partial charge >= 0.3 is 0 Å². The number of aromatic nitrogens is 2. The molecule has 0 unspecified atom stereocenters. The van der Waals surface area contributed by atoms with Gasteiger partial charge in [-0.3, -0.25) is 4.68 Å². The molecule has 5 nitrogen and oxygen atoms in total. The van der Waals surface area contributed by atoms with Crippen molar-refractivity contribution < 1.29 is 0 Å². The van der Waals surface area contributed by atoms with Crippen molar-refractivity contribution in [2.45, 2.75) is 25.9 Å². The Morgan fingerprint density at radius 3 is 3.42 bits per heavy atom. The summed E-state index contributed by atoms with van der Waals surface area (Å²) in [6.07, 6.45) is 2.29. The van der Waals surface area contributed by atoms with Gasteiger partial charge in [-0.1, -0.05) is 5.11 Å². The highest BCUT2D eigenvalue weighted by Crippen LogP contribution is 2.15. The van der Waals surface area contributed by atoms with E-state index in [1.165, 1.54) is 12.1 Å². The van der Waals surface area contributed by atoms with Crippen LogP contribution < -0.4 is 0 Å². The molecule has 2 rings (SSSR count). The van der Waals surface area contributed by atoms with Gasteiger partial charge in [0.1, 0.15) is 0 Å². The molecule has 0 N–H and O–H groups in total. The number of azide groups is 1. The molecule has 1 aromatic rings. The Labute approximate surface area is 69.6 Å². The summed E-state index contributed by atoms with van der Waals surface area (Å²) in [4.78, 5) is 2.69. The molecule has 0 bridgehead atoms. The standard InChI is InChI=1S/C7H9N5/c8-11-9-5-6-4-7-2-1-3-12(7)10-6/h4H,1-3,5H2. The van der Waals surface area contributed by atoms with E-state index in [0.717, 1.165) is 18.7 Å². The van der Waals surface area contributed by atoms with Gasteiger partial charge in [0, 0.05) is 17.2 Å². The second kappa shape index (κ2) is 2.87. The zero-order valence-corrected chi connectivity index (χ0v) is 6.64. The van der Waals surface area contributed by atoms with Crippen molar-refractivity contribution in [1.82, 2.24) is 9.78 Å². The largest absolute Gasteiger partial charge is 0.269 e. The number of hydrogen-bond acceptors (Lipinski definition) is 2. The fourth-order valence-corrected chi connectivity index (χ4v) is 1.50. The quantitative estimate of drug-likeness (QED) is 0.371. The van der Waals surface area contributed by atoms with E-state index in [0.29, 0.717) is 6.54 Å². The Morgan fingerprint density at radius 1 is 1.75 bits per heavy atom. The second-order valence-electron chi connectivity index (χ2n) is 2.84. The van der Waals surface area contributed by atoms with Crippen molar-refractivity contribution in [3.8, 4) is 0 Å². The molecule has 0 radical (unpaired) electrons. The molecule has 0 amide bonds. The van der Waals surface area contributed by atoms with Crippen molar-refractivity contribution in [3.63, 3.8) is 0 Å². The number of rotatable bonds is 2. The summed E-state index contributed by atoms with van der Waals surface area (Å²) in [7, 11) is 0. The van der Waals surface area contributed by atoms with Gasteiger partial charge < -0.3 is 0 Å². The summed E-state index contributed by atoms with van der Waals surface area (Å²) in [5.74, 6) is 0. The normalized spacial score (nSPS) is 14.0. The highest BCUT2D eigenvalue weighted by Gasteiger charge is 2.12. The van der Waals surface area contributed by atoms with E-state index in [4.69, 9.17) is 5.53 Å². The van der Waals surface area contributed by atoms with Gasteiger partial charge in [0.25, 0.3) is 0 Å². The van der Waals surface area contributed by atoms with Gasteiger partial charge in [0.2, 0.25) is 0 Å². The van der Waals surface area contributed by atoms with Gasteiger partial charge in [0.15, 0.2) is 0 Å². The van der Waals surface area contributed by atoms with Crippen molar-refractivity contribution in [3.05, 3.63) is 27.9 Å². The van der Waals surface area contributed by atoms with Crippen molar-refractivity contribution in [2.75, 3.05) is 0 Å². The van der Waals surface area contributed by atoms with E-state index in [-0.39, 0.29) is 0 Å². The van der Waals surface area contributed by atoms with Crippen LogP contribution in [0.2, 0.25) is 0 Å². The maximum absolute atomic E-state index is 8.10. The molecule has 1 aliphatic rings. The van der Waals surface area contributed by atoms with Crippen molar-refractivity contribution >= 4 is 0 Å². The molecule has 62 valence electrons. The predicted octanol–water partition coefficient (Wildman–Crippen LogP) is 1.64. The lowest BCUT2D eigenvalue weighted by atomic mass is 10.3. The summed E-state index contributed by atoms with van der Waals surface area (Å²) in [5, 5.41) is 7.74. The molecular formula is C7H9N5. The molecule has 1 aromatic heterocycles. The van der Waals surface area contributed by atoms with Crippen molar-refractivity contribution in [1.29, 1.82) is 0 Å². The topological polar surface area (TPSA) is 66.6 Å². The molecule has 0 atom stereocenters. The van der Waals surface area contributed by atoms with Crippen LogP contribution >= 0.6 is 0 Å². The zero-order chi connectivity index (χ0) is 8.39. The van der Waals surface area contributed by atoms with Crippen molar-refractivity contribution in [2.24, 2.45) is 5.11 Å². The van der Waals surface area contributed by atoms with Crippen LogP contribution in [-0.4, -0.2) is 9.78 Å². The molecule has 0 saturated carbocycles. The Hall–Kier alpha value is -1.48. The van der Waals surface area contributed by atoms with Crippen LogP contribution in [0.5, 0.6) is 0 Å². The van der Waals surface area contributed by atoms with Gasteiger partial charge in [-0.25, -0.2) is 0 Å². The molecule has 2 heterocycles. The number of hydrogen-bond donors (Lipinski definition) is 0. The Kier molecular flexibility index (Phi) is 1.72. The SMILES string of the molecule is [N-]=[N+]=NCc1cc2n(n1)CCC2. The monoisotopic (exact) mass is 163 g/mol. The van der Waals surface area contributed by atoms with E-state index >= 15 is 0 Å². The van der Waals surface area contributed by atoms with E-state index in [2.05, 4.69) is 15.1 Å². The molecule has 5 heteroatoms. The average molecular weight is 163 g/mol. The van der Waals surface area contributed by atoms with Gasteiger partial charge in [-0.15, -0.1) is 0 Å². The molecule has 1 aliphatic heterocycles. The highest BCUT2D eigenvalue weighted by atomic mass is 15.3. The fourth-order valence-electron chi connectivity index (χ4n) is 1.50. The van der Waals surface area contributed by atoms with Crippen LogP contribution in [0.3, 0.4) is 0 Å². The van der Waals surface area contributed by atoms with Gasteiger partial charge in [0.05, 0.1) is 12.2 Å². The van der Waals surface area contributed by atoms with E-state index in [1.54, 1.807) is 0 Å². The average Bonchev–Trinajstić information content (AvgIpc) is 2.58. The molecule has 12 heavy (non-hydrogen) atoms. The molecule has 0 aromatic carbocycles. The smallest absolute Gasteiger partial charge is 0.0702 e. The zero-order valence-electron chi connectivity index (χ0n) is 6.64. The minimum atomic E-state index is 0.372. The summed E-state index contributed by atoms with van der Waals surface area (Å²) in [6.45, 7) is 1.38. The Morgan fingerprint density at radius 2 is 2.67 bits per heavy atom. The van der Waals surface area contributed by atoms with Crippen LogP contribution in [0, 0.1) is 0 Å². The minimum absolute atomic E-state index is 0.372. The first kappa shape index (κ1) is 7.18. The fraction of sp³-hybridized carbons (Fsp3) is 0.571. The van der Waals surface area contributed by atoms with Crippen LogP contribution in [0.25, 0.3) is 10.4 Å². The second-order valence-corrected chi connectivity index (χ2v) is 2.84. The number of aryl methyl sites for hydroxylation is 2. The van der Waals surface area contributed by atoms with Crippen LogP contribution in [0.15, 0.2) is 11.2 Å². The van der Waals surface area contributed by atoms with Crippen LogP contribution in [0.4, 0.5) is 0 Å². The maximum atomic E-state index is 8.10. The lowest BCUT2D eigenvalue weighted by Gasteiger charge is -1.90. The third-order valence-electron chi connectivity index (χ3n) is 2.01. The highest BCUT2D eigenvalue weighted by molar-refractivity contribution is 5.12. The molecule has 0 saturated heterocycles. The van der Waals surface area contributed by atoms with Gasteiger partial charge in [-0.2, -0.15) is 5.10 Å². The molecule has 0 aliphatic carbocycles. The number of nitrogens with zero attached hydrogens (tertiary/aromatic N) is 5. The van der Waals surface area contributed by atoms with Crippen LogP contribution in [0.1, 0.15) is 17.8 Å². The predicted molar refractivity (Wildman–Crippen MR) is 43.4 cm³/mol. The summed E-state index contributed by atoms with van der Waals surface area (Å²) in [6, 6.07) is 2.02. The Bertz CT molecular complexity index is 312. The lowest BCUT2D eigenvalue weighted by molar-refractivity contribution is 0.643. The minimum Gasteiger partial charge on any atom is -0.269 e. The summed E-state index contributed by atoms with van der Waals surface area (Å²) < 4.78 is 1.99. The third-order valence-corrected chi connectivity index (χ3v) is 2.01. The van der Waals surface area contributed by atoms with Crippen LogP contribution in [-0.2, 0) is 19.5 Å². The van der Waals surface area contributed by atoms with E-state index in [1.807, 2.05) is 10.7 Å². The molecule has 0 spiro atoms. The number of fused-ring (bicyclic) bond motifs is 1. The lowest BCUT2D eigenvalue weighted by Crippen LogP contribution is -1.94. The Balaban J connectivity index is 2.19. The summed E-state index contributed by atoms with van der Waals surface area (Å²) in [5.41, 5.74) is 10.2. The van der Waals surface area contributed by atoms with E-state index < -0.39 is 0 Å². The maximum Gasteiger partial charge on any atom is 0.0702 e.